The van der Waals surface area contributed by atoms with E-state index in [4.69, 9.17) is 0 Å². The summed E-state index contributed by atoms with van der Waals surface area (Å²) in [5, 5.41) is 26.4. The second-order valence-electron chi connectivity index (χ2n) is 19.7. The number of nitrogens with one attached hydrogen (secondary N) is 2. The molecule has 5 aliphatic carbocycles. The zero-order valence-corrected chi connectivity index (χ0v) is 33.9. The van der Waals surface area contributed by atoms with Gasteiger partial charge in [0.2, 0.25) is 5.91 Å². The van der Waals surface area contributed by atoms with Crippen LogP contribution in [0, 0.1) is 62.5 Å². The van der Waals surface area contributed by atoms with Gasteiger partial charge in [0.1, 0.15) is 5.82 Å². The molecule has 0 aliphatic heterocycles. The number of carboxylic acids is 1. The normalized spacial score (nSPS) is 37.4. The summed E-state index contributed by atoms with van der Waals surface area (Å²) in [6, 6.07) is 11.4. The van der Waals surface area contributed by atoms with Gasteiger partial charge in [0.25, 0.3) is 5.91 Å². The Morgan fingerprint density at radius 1 is 0.855 bits per heavy atom. The first kappa shape index (κ1) is 39.7. The van der Waals surface area contributed by atoms with E-state index >= 15 is 0 Å². The Hall–Kier alpha value is -3.52. The molecule has 0 saturated heterocycles. The number of rotatable bonds is 9. The molecule has 7 rings (SSSR count). The highest BCUT2D eigenvalue weighted by Gasteiger charge is 2.71. The molecular formula is C47H63FN2O5. The van der Waals surface area contributed by atoms with Gasteiger partial charge >= 0.3 is 5.97 Å². The van der Waals surface area contributed by atoms with E-state index in [1.807, 2.05) is 12.1 Å². The van der Waals surface area contributed by atoms with Gasteiger partial charge in [-0.3, -0.25) is 9.59 Å². The SMILES string of the molecule is C=C(C)[C@@H]1CC[C@]2(C(=O)NCCc3cccc(C(=O)NCc4cccc(C(=O)O)c4F)c3)CC[C@]3(C)C(CCC4[C@@]5(C)CC[C@H](O)C(C)(C)C5CC[C@]43C)C12. The molecule has 55 heavy (non-hydrogen) atoms. The lowest BCUT2D eigenvalue weighted by atomic mass is 9.32. The van der Waals surface area contributed by atoms with E-state index in [1.54, 1.807) is 12.1 Å². The van der Waals surface area contributed by atoms with E-state index in [0.717, 1.165) is 56.9 Å². The van der Waals surface area contributed by atoms with Gasteiger partial charge in [-0.25, -0.2) is 9.18 Å². The van der Waals surface area contributed by atoms with E-state index in [-0.39, 0.29) is 57.6 Å². The van der Waals surface area contributed by atoms with E-state index in [9.17, 15) is 29.0 Å². The third kappa shape index (κ3) is 6.19. The van der Waals surface area contributed by atoms with Crippen LogP contribution in [0.3, 0.4) is 0 Å². The molecule has 2 amide bonds. The molecule has 2 aromatic rings. The standard InChI is InChI=1S/C47H63FN2O5/c1-28(2)32-16-22-47(42(55)49-25-19-29-10-8-11-30(26-29)40(52)50-27-31-12-9-13-33(39(31)48)41(53)54)24-23-45(6)34(38(32)47)14-15-36-44(5)20-18-37(51)43(3,4)35(44)17-21-46(36,45)7/h8-13,26,32,34-38,51H,1,14-25,27H2,2-7H3,(H,49,55)(H,50,52)(H,53,54)/t32-,34?,35?,36?,37-,38?,44-,45+,46+,47-/m0/s1. The first-order valence-corrected chi connectivity index (χ1v) is 20.9. The number of allylic oxidation sites excluding steroid dienone is 1. The molecule has 4 N–H and O–H groups in total. The predicted octanol–water partition coefficient (Wildman–Crippen LogP) is 9.13. The lowest BCUT2D eigenvalue weighted by Gasteiger charge is -2.72. The van der Waals surface area contributed by atoms with Gasteiger partial charge in [0.05, 0.1) is 17.1 Å². The van der Waals surface area contributed by atoms with Crippen LogP contribution in [0.5, 0.6) is 0 Å². The molecule has 0 radical (unpaired) electrons. The molecule has 0 aromatic heterocycles. The maximum Gasteiger partial charge on any atom is 0.338 e. The molecule has 5 aliphatic rings. The van der Waals surface area contributed by atoms with Crippen LogP contribution >= 0.6 is 0 Å². The van der Waals surface area contributed by atoms with Gasteiger partial charge in [-0.15, -0.1) is 0 Å². The zero-order chi connectivity index (χ0) is 39.7. The lowest BCUT2D eigenvalue weighted by molar-refractivity contribution is -0.246. The average molecular weight is 755 g/mol. The maximum absolute atomic E-state index is 14.6. The van der Waals surface area contributed by atoms with Crippen LogP contribution in [0.2, 0.25) is 0 Å². The van der Waals surface area contributed by atoms with Gasteiger partial charge in [-0.05, 0) is 153 Å². The topological polar surface area (TPSA) is 116 Å². The van der Waals surface area contributed by atoms with Crippen molar-refractivity contribution in [2.24, 2.45) is 56.7 Å². The Labute approximate surface area is 327 Å². The van der Waals surface area contributed by atoms with Crippen LogP contribution < -0.4 is 10.6 Å². The van der Waals surface area contributed by atoms with Crippen molar-refractivity contribution in [2.45, 2.75) is 125 Å². The summed E-state index contributed by atoms with van der Waals surface area (Å²) in [6.45, 7) is 19.4. The molecule has 10 atom stereocenters. The van der Waals surface area contributed by atoms with Crippen molar-refractivity contribution in [1.82, 2.24) is 10.6 Å². The van der Waals surface area contributed by atoms with Crippen molar-refractivity contribution < 1.29 is 29.0 Å². The third-order valence-corrected chi connectivity index (χ3v) is 17.1. The average Bonchev–Trinajstić information content (AvgIpc) is 3.54. The quantitative estimate of drug-likeness (QED) is 0.191. The number of aromatic carboxylic acids is 1. The summed E-state index contributed by atoms with van der Waals surface area (Å²) in [5.74, 6) is -0.228. The number of halogens is 1. The van der Waals surface area contributed by atoms with E-state index < -0.39 is 22.8 Å². The number of aliphatic hydroxyl groups is 1. The number of carbonyl (C=O) groups excluding carboxylic acids is 2. The number of carboxylic acid groups (broad SMARTS) is 1. The van der Waals surface area contributed by atoms with Crippen molar-refractivity contribution >= 4 is 17.8 Å². The summed E-state index contributed by atoms with van der Waals surface area (Å²) in [6.07, 6.45) is 10.9. The van der Waals surface area contributed by atoms with Crippen molar-refractivity contribution in [3.63, 3.8) is 0 Å². The van der Waals surface area contributed by atoms with Gasteiger partial charge in [-0.2, -0.15) is 0 Å². The Kier molecular flexibility index (Phi) is 10.2. The molecule has 0 heterocycles. The lowest BCUT2D eigenvalue weighted by Crippen LogP contribution is -2.67. The number of aliphatic hydroxyl groups excluding tert-OH is 1. The monoisotopic (exact) mass is 754 g/mol. The summed E-state index contributed by atoms with van der Waals surface area (Å²) in [5.41, 5.74) is 2.25. The molecule has 0 spiro atoms. The summed E-state index contributed by atoms with van der Waals surface area (Å²) >= 11 is 0. The largest absolute Gasteiger partial charge is 0.478 e. The van der Waals surface area contributed by atoms with Crippen LogP contribution in [0.4, 0.5) is 4.39 Å². The fraction of sp³-hybridized carbons (Fsp3) is 0.638. The first-order valence-electron chi connectivity index (χ1n) is 20.9. The van der Waals surface area contributed by atoms with Crippen LogP contribution in [-0.4, -0.2) is 40.6 Å². The number of benzene rings is 2. The summed E-state index contributed by atoms with van der Waals surface area (Å²) < 4.78 is 14.6. The summed E-state index contributed by atoms with van der Waals surface area (Å²) in [4.78, 5) is 39.0. The molecule has 5 saturated carbocycles. The fourth-order valence-corrected chi connectivity index (χ4v) is 14.0. The number of hydrogen-bond donors (Lipinski definition) is 4. The molecule has 4 unspecified atom stereocenters. The van der Waals surface area contributed by atoms with Gasteiger partial charge in [-0.1, -0.05) is 71.0 Å². The van der Waals surface area contributed by atoms with Gasteiger partial charge < -0.3 is 20.8 Å². The van der Waals surface area contributed by atoms with Crippen molar-refractivity contribution in [1.29, 1.82) is 0 Å². The Morgan fingerprint density at radius 2 is 1.60 bits per heavy atom. The van der Waals surface area contributed by atoms with E-state index in [2.05, 4.69) is 58.8 Å². The van der Waals surface area contributed by atoms with Crippen molar-refractivity contribution in [3.05, 3.63) is 82.7 Å². The Morgan fingerprint density at radius 3 is 2.33 bits per heavy atom. The highest BCUT2D eigenvalue weighted by molar-refractivity contribution is 5.94. The third-order valence-electron chi connectivity index (χ3n) is 17.1. The highest BCUT2D eigenvalue weighted by Crippen LogP contribution is 2.77. The predicted molar refractivity (Wildman–Crippen MR) is 213 cm³/mol. The molecular weight excluding hydrogens is 692 g/mol. The van der Waals surface area contributed by atoms with E-state index in [0.29, 0.717) is 42.2 Å². The Balaban J connectivity index is 1.04. The number of hydrogen-bond acceptors (Lipinski definition) is 4. The molecule has 0 bridgehead atoms. The van der Waals surface area contributed by atoms with Crippen LogP contribution in [0.1, 0.15) is 138 Å². The number of carbonyl (C=O) groups is 3. The smallest absolute Gasteiger partial charge is 0.338 e. The molecule has 5 fully saturated rings. The highest BCUT2D eigenvalue weighted by atomic mass is 19.1. The van der Waals surface area contributed by atoms with Crippen LogP contribution in [-0.2, 0) is 17.8 Å². The van der Waals surface area contributed by atoms with E-state index in [1.165, 1.54) is 36.6 Å². The molecule has 298 valence electrons. The van der Waals surface area contributed by atoms with Crippen molar-refractivity contribution in [2.75, 3.05) is 6.54 Å². The minimum atomic E-state index is -1.36. The molecule has 7 nitrogen and oxygen atoms in total. The van der Waals surface area contributed by atoms with Crippen LogP contribution in [0.25, 0.3) is 0 Å². The number of fused-ring (bicyclic) bond motifs is 7. The second kappa shape index (κ2) is 14.1. The fourth-order valence-electron chi connectivity index (χ4n) is 14.0. The molecule has 8 heteroatoms. The zero-order valence-electron chi connectivity index (χ0n) is 33.9. The van der Waals surface area contributed by atoms with Gasteiger partial charge in [0, 0.05) is 24.2 Å². The Bertz CT molecular complexity index is 1870. The minimum absolute atomic E-state index is 0.0747. The maximum atomic E-state index is 14.6. The summed E-state index contributed by atoms with van der Waals surface area (Å²) in [7, 11) is 0. The number of amides is 2. The molecule has 2 aromatic carbocycles. The minimum Gasteiger partial charge on any atom is -0.478 e. The first-order chi connectivity index (χ1) is 25.9. The van der Waals surface area contributed by atoms with Crippen molar-refractivity contribution in [3.8, 4) is 0 Å². The van der Waals surface area contributed by atoms with Gasteiger partial charge in [0.15, 0.2) is 0 Å². The second-order valence-corrected chi connectivity index (χ2v) is 19.7. The van der Waals surface area contributed by atoms with Crippen LogP contribution in [0.15, 0.2) is 54.6 Å².